The molecule has 0 radical (unpaired) electrons. The van der Waals surface area contributed by atoms with E-state index >= 15 is 0 Å². The summed E-state index contributed by atoms with van der Waals surface area (Å²) in [6.45, 7) is 6.42. The predicted molar refractivity (Wildman–Crippen MR) is 74.2 cm³/mol. The van der Waals surface area contributed by atoms with Gasteiger partial charge in [0.15, 0.2) is 0 Å². The van der Waals surface area contributed by atoms with E-state index in [1.807, 2.05) is 18.0 Å². The number of H-pyrrole nitrogens is 1. The zero-order chi connectivity index (χ0) is 12.1. The van der Waals surface area contributed by atoms with Gasteiger partial charge in [-0.1, -0.05) is 20.3 Å². The highest BCUT2D eigenvalue weighted by atomic mass is 32.2. The fourth-order valence-electron chi connectivity index (χ4n) is 2.08. The Morgan fingerprint density at radius 3 is 3.12 bits per heavy atom. The van der Waals surface area contributed by atoms with E-state index in [-0.39, 0.29) is 0 Å². The highest BCUT2D eigenvalue weighted by molar-refractivity contribution is 7.99. The Morgan fingerprint density at radius 1 is 1.53 bits per heavy atom. The van der Waals surface area contributed by atoms with Crippen molar-refractivity contribution >= 4 is 11.8 Å². The minimum atomic E-state index is 0.600. The lowest BCUT2D eigenvalue weighted by Gasteiger charge is -2.18. The van der Waals surface area contributed by atoms with Gasteiger partial charge in [0.05, 0.1) is 5.25 Å². The van der Waals surface area contributed by atoms with Crippen LogP contribution in [-0.4, -0.2) is 22.3 Å². The van der Waals surface area contributed by atoms with Gasteiger partial charge in [-0.25, -0.2) is 4.98 Å². The lowest BCUT2D eigenvalue weighted by atomic mass is 10.2. The number of hydrogen-bond donors (Lipinski definition) is 2. The van der Waals surface area contributed by atoms with Crippen molar-refractivity contribution in [2.24, 2.45) is 5.92 Å². The molecule has 3 nitrogen and oxygen atoms in total. The molecule has 1 aromatic rings. The fourth-order valence-corrected chi connectivity index (χ4v) is 3.35. The molecule has 0 amide bonds. The molecule has 4 heteroatoms. The zero-order valence-electron chi connectivity index (χ0n) is 10.8. The smallest absolute Gasteiger partial charge is 0.119 e. The molecule has 0 bridgehead atoms. The topological polar surface area (TPSA) is 40.7 Å². The van der Waals surface area contributed by atoms with Gasteiger partial charge in [-0.3, -0.25) is 0 Å². The van der Waals surface area contributed by atoms with Crippen LogP contribution in [0.3, 0.4) is 0 Å². The average molecular weight is 253 g/mol. The first kappa shape index (κ1) is 13.0. The van der Waals surface area contributed by atoms with E-state index in [4.69, 9.17) is 0 Å². The maximum absolute atomic E-state index is 4.52. The molecule has 1 fully saturated rings. The minimum absolute atomic E-state index is 0.600. The van der Waals surface area contributed by atoms with Gasteiger partial charge in [0, 0.05) is 18.4 Å². The van der Waals surface area contributed by atoms with E-state index in [0.717, 1.165) is 13.1 Å². The van der Waals surface area contributed by atoms with E-state index in [1.54, 1.807) is 0 Å². The van der Waals surface area contributed by atoms with Crippen LogP contribution in [0.2, 0.25) is 0 Å². The standard InChI is InChI=1S/C13H23N3S/c1-10(2)7-14-8-11-9-15-13(16-11)12-5-3-4-6-17-12/h9-10,12,14H,3-8H2,1-2H3,(H,15,16). The molecule has 2 rings (SSSR count). The molecule has 0 saturated carbocycles. The molecule has 0 aliphatic carbocycles. The average Bonchev–Trinajstić information content (AvgIpc) is 2.78. The third-order valence-electron chi connectivity index (χ3n) is 3.00. The number of nitrogens with one attached hydrogen (secondary N) is 2. The summed E-state index contributed by atoms with van der Waals surface area (Å²) in [5.41, 5.74) is 1.21. The van der Waals surface area contributed by atoms with E-state index in [9.17, 15) is 0 Å². The SMILES string of the molecule is CC(C)CNCc1cnc(C2CCCCS2)[nH]1. The number of aromatic nitrogens is 2. The van der Waals surface area contributed by atoms with Crippen molar-refractivity contribution in [3.63, 3.8) is 0 Å². The lowest BCUT2D eigenvalue weighted by molar-refractivity contribution is 0.548. The second-order valence-electron chi connectivity index (χ2n) is 5.17. The van der Waals surface area contributed by atoms with Gasteiger partial charge in [-0.05, 0) is 31.1 Å². The Balaban J connectivity index is 1.82. The number of rotatable bonds is 5. The Hall–Kier alpha value is -0.480. The molecule has 1 aliphatic heterocycles. The van der Waals surface area contributed by atoms with Crippen LogP contribution in [0.25, 0.3) is 0 Å². The zero-order valence-corrected chi connectivity index (χ0v) is 11.6. The van der Waals surface area contributed by atoms with Gasteiger partial charge in [-0.15, -0.1) is 0 Å². The van der Waals surface area contributed by atoms with Gasteiger partial charge in [0.25, 0.3) is 0 Å². The van der Waals surface area contributed by atoms with Crippen molar-refractivity contribution in [1.82, 2.24) is 15.3 Å². The summed E-state index contributed by atoms with van der Waals surface area (Å²) in [6, 6.07) is 0. The summed E-state index contributed by atoms with van der Waals surface area (Å²) in [4.78, 5) is 7.98. The molecule has 1 aromatic heterocycles. The van der Waals surface area contributed by atoms with Crippen molar-refractivity contribution in [3.05, 3.63) is 17.7 Å². The highest BCUT2D eigenvalue weighted by Crippen LogP contribution is 2.36. The molecule has 1 atom stereocenters. The van der Waals surface area contributed by atoms with Crippen molar-refractivity contribution < 1.29 is 0 Å². The Bertz CT molecular complexity index is 329. The summed E-state index contributed by atoms with van der Waals surface area (Å²) < 4.78 is 0. The highest BCUT2D eigenvalue weighted by Gasteiger charge is 2.18. The molecule has 96 valence electrons. The first-order chi connectivity index (χ1) is 8.25. The molecule has 1 saturated heterocycles. The summed E-state index contributed by atoms with van der Waals surface area (Å²) in [5, 5.41) is 4.04. The second kappa shape index (κ2) is 6.45. The van der Waals surface area contributed by atoms with Gasteiger partial charge < -0.3 is 10.3 Å². The van der Waals surface area contributed by atoms with E-state index < -0.39 is 0 Å². The molecular formula is C13H23N3S. The van der Waals surface area contributed by atoms with Crippen molar-refractivity contribution in [2.45, 2.75) is 44.9 Å². The van der Waals surface area contributed by atoms with E-state index in [0.29, 0.717) is 11.2 Å². The second-order valence-corrected chi connectivity index (χ2v) is 6.48. The molecule has 1 aliphatic rings. The first-order valence-electron chi connectivity index (χ1n) is 6.62. The number of thioether (sulfide) groups is 1. The van der Waals surface area contributed by atoms with Gasteiger partial charge in [0.2, 0.25) is 0 Å². The van der Waals surface area contributed by atoms with Crippen LogP contribution in [0, 0.1) is 5.92 Å². The van der Waals surface area contributed by atoms with Crippen LogP contribution < -0.4 is 5.32 Å². The monoisotopic (exact) mass is 253 g/mol. The number of imidazole rings is 1. The summed E-state index contributed by atoms with van der Waals surface area (Å²) in [5.74, 6) is 3.16. The molecule has 2 heterocycles. The van der Waals surface area contributed by atoms with Crippen molar-refractivity contribution in [1.29, 1.82) is 0 Å². The van der Waals surface area contributed by atoms with Crippen LogP contribution in [0.15, 0.2) is 6.20 Å². The van der Waals surface area contributed by atoms with Crippen LogP contribution >= 0.6 is 11.8 Å². The number of hydrogen-bond acceptors (Lipinski definition) is 3. The molecule has 2 N–H and O–H groups in total. The fraction of sp³-hybridized carbons (Fsp3) is 0.769. The molecule has 0 spiro atoms. The van der Waals surface area contributed by atoms with Crippen molar-refractivity contribution in [2.75, 3.05) is 12.3 Å². The summed E-state index contributed by atoms with van der Waals surface area (Å²) in [7, 11) is 0. The van der Waals surface area contributed by atoms with E-state index in [2.05, 4.69) is 29.1 Å². The largest absolute Gasteiger partial charge is 0.344 e. The lowest BCUT2D eigenvalue weighted by Crippen LogP contribution is -2.19. The third-order valence-corrected chi connectivity index (χ3v) is 4.39. The van der Waals surface area contributed by atoms with Gasteiger partial charge >= 0.3 is 0 Å². The van der Waals surface area contributed by atoms with E-state index in [1.165, 1.54) is 36.5 Å². The third kappa shape index (κ3) is 4.03. The maximum Gasteiger partial charge on any atom is 0.119 e. The molecular weight excluding hydrogens is 230 g/mol. The van der Waals surface area contributed by atoms with Crippen LogP contribution in [-0.2, 0) is 6.54 Å². The van der Waals surface area contributed by atoms with Gasteiger partial charge in [-0.2, -0.15) is 11.8 Å². The Kier molecular flexibility index (Phi) is 4.92. The number of nitrogens with zero attached hydrogens (tertiary/aromatic N) is 1. The maximum atomic E-state index is 4.52. The molecule has 1 unspecified atom stereocenters. The normalized spacial score (nSPS) is 21.0. The number of aromatic amines is 1. The molecule has 0 aromatic carbocycles. The predicted octanol–water partition coefficient (Wildman–Crippen LogP) is 3.11. The summed E-state index contributed by atoms with van der Waals surface area (Å²) >= 11 is 2.04. The van der Waals surface area contributed by atoms with Crippen LogP contribution in [0.5, 0.6) is 0 Å². The van der Waals surface area contributed by atoms with Crippen molar-refractivity contribution in [3.8, 4) is 0 Å². The quantitative estimate of drug-likeness (QED) is 0.847. The van der Waals surface area contributed by atoms with Crippen LogP contribution in [0.1, 0.15) is 49.9 Å². The Morgan fingerprint density at radius 2 is 2.41 bits per heavy atom. The molecule has 17 heavy (non-hydrogen) atoms. The first-order valence-corrected chi connectivity index (χ1v) is 7.66. The summed E-state index contributed by atoms with van der Waals surface area (Å²) in [6.07, 6.45) is 5.97. The Labute approximate surface area is 108 Å². The van der Waals surface area contributed by atoms with Gasteiger partial charge in [0.1, 0.15) is 5.82 Å². The van der Waals surface area contributed by atoms with Crippen LogP contribution in [0.4, 0.5) is 0 Å². The minimum Gasteiger partial charge on any atom is -0.344 e.